The zero-order chi connectivity index (χ0) is 14.3. The van der Waals surface area contributed by atoms with Gasteiger partial charge in [-0.15, -0.1) is 0 Å². The highest BCUT2D eigenvalue weighted by molar-refractivity contribution is 5.97. The lowest BCUT2D eigenvalue weighted by Gasteiger charge is -2.37. The van der Waals surface area contributed by atoms with Crippen molar-refractivity contribution in [2.75, 3.05) is 0 Å². The van der Waals surface area contributed by atoms with E-state index in [-0.39, 0.29) is 23.6 Å². The number of hydrogen-bond donors (Lipinski definition) is 2. The van der Waals surface area contributed by atoms with Crippen molar-refractivity contribution >= 4 is 11.8 Å². The first-order chi connectivity index (χ1) is 9.56. The summed E-state index contributed by atoms with van der Waals surface area (Å²) in [6, 6.07) is 5.96. The molecule has 3 rings (SSSR count). The van der Waals surface area contributed by atoms with Crippen molar-refractivity contribution in [3.05, 3.63) is 29.8 Å². The Kier molecular flexibility index (Phi) is 3.12. The minimum Gasteiger partial charge on any atom is -0.508 e. The van der Waals surface area contributed by atoms with Crippen molar-refractivity contribution in [3.8, 4) is 5.75 Å². The number of piperazine rings is 1. The molecule has 2 amide bonds. The normalized spacial score (nSPS) is 26.6. The van der Waals surface area contributed by atoms with Gasteiger partial charge in [-0.25, -0.2) is 0 Å². The molecule has 0 spiro atoms. The molecule has 106 valence electrons. The topological polar surface area (TPSA) is 69.6 Å². The van der Waals surface area contributed by atoms with Gasteiger partial charge in [-0.1, -0.05) is 12.1 Å². The molecule has 2 N–H and O–H groups in total. The summed E-state index contributed by atoms with van der Waals surface area (Å²) in [6.07, 6.45) is 2.01. The number of phenolic OH excluding ortho intramolecular Hbond substituents is 1. The van der Waals surface area contributed by atoms with E-state index >= 15 is 0 Å². The summed E-state index contributed by atoms with van der Waals surface area (Å²) in [5.41, 5.74) is 0.828. The molecule has 2 fully saturated rings. The summed E-state index contributed by atoms with van der Waals surface area (Å²) >= 11 is 0. The van der Waals surface area contributed by atoms with Crippen LogP contribution < -0.4 is 5.32 Å². The van der Waals surface area contributed by atoms with Gasteiger partial charge in [0.2, 0.25) is 11.8 Å². The van der Waals surface area contributed by atoms with Crippen LogP contribution in [0.2, 0.25) is 0 Å². The van der Waals surface area contributed by atoms with Crippen LogP contribution in [0.4, 0.5) is 0 Å². The van der Waals surface area contributed by atoms with Gasteiger partial charge in [-0.3, -0.25) is 9.59 Å². The van der Waals surface area contributed by atoms with E-state index in [0.29, 0.717) is 12.5 Å². The third-order valence-electron chi connectivity index (χ3n) is 4.05. The molecule has 1 saturated heterocycles. The Balaban J connectivity index is 1.81. The fourth-order valence-corrected chi connectivity index (χ4v) is 2.66. The number of carbonyl (C=O) groups is 2. The van der Waals surface area contributed by atoms with Crippen LogP contribution >= 0.6 is 0 Å². The summed E-state index contributed by atoms with van der Waals surface area (Å²) < 4.78 is 0. The van der Waals surface area contributed by atoms with E-state index in [4.69, 9.17) is 0 Å². The number of nitrogens with one attached hydrogen (secondary N) is 1. The quantitative estimate of drug-likeness (QED) is 0.864. The fourth-order valence-electron chi connectivity index (χ4n) is 2.66. The third kappa shape index (κ3) is 2.35. The number of hydrogen-bond acceptors (Lipinski definition) is 3. The van der Waals surface area contributed by atoms with Gasteiger partial charge in [0.25, 0.3) is 0 Å². The van der Waals surface area contributed by atoms with Crippen molar-refractivity contribution < 1.29 is 14.7 Å². The monoisotopic (exact) mass is 274 g/mol. The number of benzene rings is 1. The van der Waals surface area contributed by atoms with Gasteiger partial charge in [-0.2, -0.15) is 0 Å². The maximum absolute atomic E-state index is 12.5. The van der Waals surface area contributed by atoms with Crippen molar-refractivity contribution in [3.63, 3.8) is 0 Å². The third-order valence-corrected chi connectivity index (χ3v) is 4.05. The van der Waals surface area contributed by atoms with E-state index in [9.17, 15) is 14.7 Å². The molecule has 5 nitrogen and oxygen atoms in total. The predicted molar refractivity (Wildman–Crippen MR) is 72.8 cm³/mol. The minimum absolute atomic E-state index is 0.0112. The van der Waals surface area contributed by atoms with Crippen LogP contribution in [0.5, 0.6) is 5.75 Å². The van der Waals surface area contributed by atoms with Gasteiger partial charge in [0.1, 0.15) is 17.8 Å². The highest BCUT2D eigenvalue weighted by Gasteiger charge is 2.45. The lowest BCUT2D eigenvalue weighted by atomic mass is 10.0. The Morgan fingerprint density at radius 1 is 1.35 bits per heavy atom. The van der Waals surface area contributed by atoms with Crippen LogP contribution in [-0.4, -0.2) is 33.9 Å². The van der Waals surface area contributed by atoms with Gasteiger partial charge in [0.05, 0.1) is 0 Å². The van der Waals surface area contributed by atoms with E-state index in [1.807, 2.05) is 6.07 Å². The molecule has 2 unspecified atom stereocenters. The number of aromatic hydroxyl groups is 1. The molecule has 0 radical (unpaired) electrons. The predicted octanol–water partition coefficient (Wildman–Crippen LogP) is 1.02. The summed E-state index contributed by atoms with van der Waals surface area (Å²) in [6.45, 7) is 2.09. The molecule has 1 aromatic rings. The molecule has 5 heteroatoms. The molecule has 1 aliphatic heterocycles. The Morgan fingerprint density at radius 3 is 2.75 bits per heavy atom. The van der Waals surface area contributed by atoms with E-state index in [1.165, 1.54) is 0 Å². The van der Waals surface area contributed by atoms with Gasteiger partial charge in [0, 0.05) is 6.54 Å². The minimum atomic E-state index is -0.472. The SMILES string of the molecule is CC1C(=O)NC(C2CC2)C(=O)N1Cc1cccc(O)c1. The second-order valence-corrected chi connectivity index (χ2v) is 5.64. The second-order valence-electron chi connectivity index (χ2n) is 5.64. The number of amides is 2. The van der Waals surface area contributed by atoms with E-state index < -0.39 is 6.04 Å². The van der Waals surface area contributed by atoms with E-state index in [2.05, 4.69) is 5.32 Å². The van der Waals surface area contributed by atoms with E-state index in [1.54, 1.807) is 30.0 Å². The van der Waals surface area contributed by atoms with Crippen LogP contribution in [0.15, 0.2) is 24.3 Å². The molecule has 0 aromatic heterocycles. The first-order valence-corrected chi connectivity index (χ1v) is 6.95. The fraction of sp³-hybridized carbons (Fsp3) is 0.467. The summed E-state index contributed by atoms with van der Waals surface area (Å²) in [7, 11) is 0. The van der Waals surface area contributed by atoms with Crippen LogP contribution in [0.1, 0.15) is 25.3 Å². The number of nitrogens with zero attached hydrogens (tertiary/aromatic N) is 1. The van der Waals surface area contributed by atoms with Gasteiger partial charge in [-0.05, 0) is 43.4 Å². The molecule has 1 aliphatic carbocycles. The zero-order valence-electron chi connectivity index (χ0n) is 11.4. The van der Waals surface area contributed by atoms with Gasteiger partial charge >= 0.3 is 0 Å². The molecule has 1 aromatic carbocycles. The lowest BCUT2D eigenvalue weighted by Crippen LogP contribution is -2.62. The maximum Gasteiger partial charge on any atom is 0.246 e. The van der Waals surface area contributed by atoms with Crippen molar-refractivity contribution in [2.24, 2.45) is 5.92 Å². The molecule has 0 bridgehead atoms. The van der Waals surface area contributed by atoms with Gasteiger partial charge < -0.3 is 15.3 Å². The molecule has 2 aliphatic rings. The van der Waals surface area contributed by atoms with Crippen LogP contribution in [0.3, 0.4) is 0 Å². The Morgan fingerprint density at radius 2 is 2.10 bits per heavy atom. The molecule has 1 saturated carbocycles. The van der Waals surface area contributed by atoms with Crippen LogP contribution in [0.25, 0.3) is 0 Å². The van der Waals surface area contributed by atoms with E-state index in [0.717, 1.165) is 18.4 Å². The average molecular weight is 274 g/mol. The van der Waals surface area contributed by atoms with Crippen LogP contribution in [0, 0.1) is 5.92 Å². The largest absolute Gasteiger partial charge is 0.508 e. The maximum atomic E-state index is 12.5. The summed E-state index contributed by atoms with van der Waals surface area (Å²) in [4.78, 5) is 26.1. The molecule has 2 atom stereocenters. The lowest BCUT2D eigenvalue weighted by molar-refractivity contribution is -0.149. The Labute approximate surface area is 117 Å². The van der Waals surface area contributed by atoms with Crippen molar-refractivity contribution in [1.29, 1.82) is 0 Å². The van der Waals surface area contributed by atoms with Gasteiger partial charge in [0.15, 0.2) is 0 Å². The van der Waals surface area contributed by atoms with Crippen molar-refractivity contribution in [1.82, 2.24) is 10.2 Å². The standard InChI is InChI=1S/C15H18N2O3/c1-9-14(19)16-13(11-5-6-11)15(20)17(9)8-10-3-2-4-12(18)7-10/h2-4,7,9,11,13,18H,5-6,8H2,1H3,(H,16,19). The number of phenols is 1. The first kappa shape index (κ1) is 13.0. The Bertz CT molecular complexity index is 554. The Hall–Kier alpha value is -2.04. The molecule has 1 heterocycles. The van der Waals surface area contributed by atoms with Crippen molar-refractivity contribution in [2.45, 2.75) is 38.4 Å². The smallest absolute Gasteiger partial charge is 0.246 e. The summed E-state index contributed by atoms with van der Waals surface area (Å²) in [5.74, 6) is 0.359. The number of carbonyl (C=O) groups excluding carboxylic acids is 2. The average Bonchev–Trinajstić information content (AvgIpc) is 3.23. The molecular formula is C15H18N2O3. The number of rotatable bonds is 3. The first-order valence-electron chi connectivity index (χ1n) is 6.95. The van der Waals surface area contributed by atoms with Crippen LogP contribution in [-0.2, 0) is 16.1 Å². The second kappa shape index (κ2) is 4.81. The zero-order valence-corrected chi connectivity index (χ0v) is 11.4. The summed E-state index contributed by atoms with van der Waals surface area (Å²) in [5, 5.41) is 12.3. The molecule has 20 heavy (non-hydrogen) atoms. The highest BCUT2D eigenvalue weighted by atomic mass is 16.3. The highest BCUT2D eigenvalue weighted by Crippen LogP contribution is 2.35. The molecular weight excluding hydrogens is 256 g/mol.